The van der Waals surface area contributed by atoms with Gasteiger partial charge in [0.2, 0.25) is 0 Å². The number of benzene rings is 1. The van der Waals surface area contributed by atoms with Crippen LogP contribution in [-0.4, -0.2) is 22.1 Å². The summed E-state index contributed by atoms with van der Waals surface area (Å²) in [6.07, 6.45) is 0.931. The summed E-state index contributed by atoms with van der Waals surface area (Å²) in [5.41, 5.74) is 2.31. The topological polar surface area (TPSA) is 38.3 Å². The number of hydrogen-bond acceptors (Lipinski definition) is 3. The van der Waals surface area contributed by atoms with E-state index in [0.29, 0.717) is 5.75 Å². The van der Waals surface area contributed by atoms with Gasteiger partial charge in [0.15, 0.2) is 0 Å². The minimum absolute atomic E-state index is 0.0830. The highest BCUT2D eigenvalue weighted by Crippen LogP contribution is 2.23. The van der Waals surface area contributed by atoms with Gasteiger partial charge in [0.1, 0.15) is 5.75 Å². The van der Waals surface area contributed by atoms with E-state index >= 15 is 0 Å². The largest absolute Gasteiger partial charge is 0.496 e. The van der Waals surface area contributed by atoms with Crippen LogP contribution in [0.25, 0.3) is 0 Å². The van der Waals surface area contributed by atoms with Gasteiger partial charge in [-0.3, -0.25) is 4.21 Å². The standard InChI is InChI=1S/C17H29NO2S/c1-7-13(2)21(19)12-15-10-14(8-9-16(15)20-6)11-18-17(3,4)5/h8-10,13,18H,7,11-12H2,1-6H3. The van der Waals surface area contributed by atoms with Gasteiger partial charge in [0.25, 0.3) is 0 Å². The fourth-order valence-electron chi connectivity index (χ4n) is 1.90. The normalized spacial score (nSPS) is 14.8. The van der Waals surface area contributed by atoms with Crippen LogP contribution in [0.3, 0.4) is 0 Å². The maximum absolute atomic E-state index is 12.3. The number of rotatable bonds is 7. The first kappa shape index (κ1) is 18.2. The predicted octanol–water partition coefficient (Wildman–Crippen LogP) is 3.63. The molecule has 0 aliphatic carbocycles. The van der Waals surface area contributed by atoms with Crippen LogP contribution in [0.2, 0.25) is 0 Å². The van der Waals surface area contributed by atoms with E-state index in [2.05, 4.69) is 45.1 Å². The van der Waals surface area contributed by atoms with Gasteiger partial charge in [-0.1, -0.05) is 19.9 Å². The zero-order chi connectivity index (χ0) is 16.0. The molecule has 0 heterocycles. The fourth-order valence-corrected chi connectivity index (χ4v) is 3.09. The van der Waals surface area contributed by atoms with Crippen LogP contribution in [-0.2, 0) is 23.1 Å². The highest BCUT2D eigenvalue weighted by molar-refractivity contribution is 7.84. The van der Waals surface area contributed by atoms with Crippen molar-refractivity contribution in [2.24, 2.45) is 0 Å². The van der Waals surface area contributed by atoms with Gasteiger partial charge < -0.3 is 10.1 Å². The molecule has 1 aromatic rings. The molecule has 0 radical (unpaired) electrons. The molecule has 0 spiro atoms. The summed E-state index contributed by atoms with van der Waals surface area (Å²) in [5, 5.41) is 3.69. The lowest BCUT2D eigenvalue weighted by Crippen LogP contribution is -2.35. The SMILES string of the molecule is CCC(C)S(=O)Cc1cc(CNC(C)(C)C)ccc1OC. The Bertz CT molecular complexity index is 480. The highest BCUT2D eigenvalue weighted by Gasteiger charge is 2.14. The first-order valence-electron chi connectivity index (χ1n) is 7.54. The first-order valence-corrected chi connectivity index (χ1v) is 8.93. The molecule has 1 rings (SSSR count). The molecule has 0 amide bonds. The van der Waals surface area contributed by atoms with E-state index in [1.54, 1.807) is 7.11 Å². The maximum Gasteiger partial charge on any atom is 0.123 e. The van der Waals surface area contributed by atoms with Crippen LogP contribution in [0, 0.1) is 0 Å². The van der Waals surface area contributed by atoms with Crippen LogP contribution in [0.4, 0.5) is 0 Å². The number of nitrogens with one attached hydrogen (secondary N) is 1. The van der Waals surface area contributed by atoms with E-state index in [9.17, 15) is 4.21 Å². The summed E-state index contributed by atoms with van der Waals surface area (Å²) in [6, 6.07) is 6.15. The Labute approximate surface area is 131 Å². The lowest BCUT2D eigenvalue weighted by Gasteiger charge is -2.21. The van der Waals surface area contributed by atoms with E-state index in [0.717, 1.165) is 24.3 Å². The smallest absolute Gasteiger partial charge is 0.123 e. The van der Waals surface area contributed by atoms with Crippen molar-refractivity contribution < 1.29 is 8.95 Å². The molecule has 0 saturated heterocycles. The van der Waals surface area contributed by atoms with Crippen LogP contribution in [0.1, 0.15) is 52.2 Å². The third kappa shape index (κ3) is 6.18. The quantitative estimate of drug-likeness (QED) is 0.835. The zero-order valence-electron chi connectivity index (χ0n) is 14.2. The summed E-state index contributed by atoms with van der Waals surface area (Å²) < 4.78 is 17.7. The Morgan fingerprint density at radius 3 is 2.52 bits per heavy atom. The highest BCUT2D eigenvalue weighted by atomic mass is 32.2. The van der Waals surface area contributed by atoms with Gasteiger partial charge in [-0.25, -0.2) is 0 Å². The number of ether oxygens (including phenoxy) is 1. The van der Waals surface area contributed by atoms with Crippen molar-refractivity contribution in [3.8, 4) is 5.75 Å². The molecular weight excluding hydrogens is 282 g/mol. The van der Waals surface area contributed by atoms with Gasteiger partial charge >= 0.3 is 0 Å². The van der Waals surface area contributed by atoms with Crippen molar-refractivity contribution in [3.63, 3.8) is 0 Å². The van der Waals surface area contributed by atoms with Crippen LogP contribution in [0.5, 0.6) is 5.75 Å². The third-order valence-electron chi connectivity index (χ3n) is 3.49. The van der Waals surface area contributed by atoms with Crippen LogP contribution in [0.15, 0.2) is 18.2 Å². The predicted molar refractivity (Wildman–Crippen MR) is 91.2 cm³/mol. The summed E-state index contributed by atoms with van der Waals surface area (Å²) in [7, 11) is 0.807. The van der Waals surface area contributed by atoms with Gasteiger partial charge in [-0.05, 0) is 44.9 Å². The Morgan fingerprint density at radius 2 is 2.00 bits per heavy atom. The summed E-state index contributed by atoms with van der Waals surface area (Å²) >= 11 is 0. The van der Waals surface area contributed by atoms with Crippen LogP contribution < -0.4 is 10.1 Å². The second-order valence-electron chi connectivity index (χ2n) is 6.49. The van der Waals surface area contributed by atoms with E-state index in [1.807, 2.05) is 13.0 Å². The minimum Gasteiger partial charge on any atom is -0.496 e. The molecule has 21 heavy (non-hydrogen) atoms. The molecule has 1 aromatic carbocycles. The van der Waals surface area contributed by atoms with Gasteiger partial charge in [-0.2, -0.15) is 0 Å². The van der Waals surface area contributed by atoms with Crippen LogP contribution >= 0.6 is 0 Å². The molecule has 0 fully saturated rings. The Kier molecular flexibility index (Phi) is 6.88. The molecule has 2 atom stereocenters. The van der Waals surface area contributed by atoms with Crippen molar-refractivity contribution >= 4 is 10.8 Å². The summed E-state index contributed by atoms with van der Waals surface area (Å²) in [4.78, 5) is 0. The zero-order valence-corrected chi connectivity index (χ0v) is 15.0. The third-order valence-corrected chi connectivity index (χ3v) is 5.32. The van der Waals surface area contributed by atoms with Gasteiger partial charge in [0.05, 0.1) is 12.9 Å². The monoisotopic (exact) mass is 311 g/mol. The minimum atomic E-state index is -0.857. The molecule has 3 nitrogen and oxygen atoms in total. The lowest BCUT2D eigenvalue weighted by atomic mass is 10.1. The second kappa shape index (κ2) is 7.95. The van der Waals surface area contributed by atoms with Crippen molar-refractivity contribution in [3.05, 3.63) is 29.3 Å². The molecule has 0 saturated carbocycles. The lowest BCUT2D eigenvalue weighted by molar-refractivity contribution is 0.409. The number of methoxy groups -OCH3 is 1. The van der Waals surface area contributed by atoms with E-state index in [1.165, 1.54) is 5.56 Å². The Balaban J connectivity index is 2.87. The van der Waals surface area contributed by atoms with Crippen molar-refractivity contribution in [1.82, 2.24) is 5.32 Å². The molecule has 1 N–H and O–H groups in total. The average molecular weight is 311 g/mol. The van der Waals surface area contributed by atoms with Crippen molar-refractivity contribution in [1.29, 1.82) is 0 Å². The molecular formula is C17H29NO2S. The van der Waals surface area contributed by atoms with E-state index < -0.39 is 10.8 Å². The second-order valence-corrected chi connectivity index (χ2v) is 8.35. The van der Waals surface area contributed by atoms with Gasteiger partial charge in [0, 0.05) is 33.7 Å². The molecule has 0 bridgehead atoms. The molecule has 4 heteroatoms. The van der Waals surface area contributed by atoms with Crippen molar-refractivity contribution in [2.75, 3.05) is 7.11 Å². The fraction of sp³-hybridized carbons (Fsp3) is 0.647. The van der Waals surface area contributed by atoms with E-state index in [4.69, 9.17) is 4.74 Å². The van der Waals surface area contributed by atoms with Gasteiger partial charge in [-0.15, -0.1) is 0 Å². The molecule has 0 aromatic heterocycles. The summed E-state index contributed by atoms with van der Waals surface area (Å²) in [6.45, 7) is 11.4. The maximum atomic E-state index is 12.3. The average Bonchev–Trinajstić information content (AvgIpc) is 2.43. The number of hydrogen-bond donors (Lipinski definition) is 1. The molecule has 0 aliphatic heterocycles. The molecule has 0 aliphatic rings. The van der Waals surface area contributed by atoms with Crippen molar-refractivity contribution in [2.45, 2.75) is 64.1 Å². The Hall–Kier alpha value is -0.870. The first-order chi connectivity index (χ1) is 9.76. The Morgan fingerprint density at radius 1 is 1.33 bits per heavy atom. The molecule has 2 unspecified atom stereocenters. The summed E-state index contributed by atoms with van der Waals surface area (Å²) in [5.74, 6) is 1.38. The van der Waals surface area contributed by atoms with E-state index in [-0.39, 0.29) is 10.8 Å². The molecule has 120 valence electrons.